The SMILES string of the molecule is CCCOC1(Cl)CC(Cl)=C(Cl)c2c1sc1ccccc1c2=O. The van der Waals surface area contributed by atoms with E-state index in [0.29, 0.717) is 27.5 Å². The second-order valence-corrected chi connectivity index (χ2v) is 7.60. The van der Waals surface area contributed by atoms with Gasteiger partial charge in [-0.15, -0.1) is 11.3 Å². The molecule has 3 rings (SSSR count). The van der Waals surface area contributed by atoms with Crippen LogP contribution in [0, 0.1) is 0 Å². The van der Waals surface area contributed by atoms with Crippen molar-refractivity contribution in [2.45, 2.75) is 24.8 Å². The Bertz CT molecular complexity index is 828. The van der Waals surface area contributed by atoms with Crippen LogP contribution in [0.15, 0.2) is 34.1 Å². The van der Waals surface area contributed by atoms with Gasteiger partial charge in [-0.3, -0.25) is 4.79 Å². The van der Waals surface area contributed by atoms with E-state index < -0.39 is 5.06 Å². The van der Waals surface area contributed by atoms with Crippen LogP contribution in [0.4, 0.5) is 0 Å². The normalized spacial score (nSPS) is 21.3. The Labute approximate surface area is 147 Å². The highest BCUT2D eigenvalue weighted by molar-refractivity contribution is 7.19. The standard InChI is InChI=1S/C16H13Cl3O2S/c1-2-7-21-16(19)8-10(17)13(18)12-14(20)9-5-3-4-6-11(9)22-15(12)16/h3-6H,2,7-8H2,1H3. The van der Waals surface area contributed by atoms with Crippen molar-refractivity contribution in [3.63, 3.8) is 0 Å². The number of benzene rings is 1. The molecular formula is C16H13Cl3O2S. The fourth-order valence-corrected chi connectivity index (χ4v) is 4.77. The van der Waals surface area contributed by atoms with Crippen LogP contribution in [-0.4, -0.2) is 6.61 Å². The molecule has 0 spiro atoms. The molecular weight excluding hydrogens is 363 g/mol. The minimum atomic E-state index is -1.13. The summed E-state index contributed by atoms with van der Waals surface area (Å²) in [6, 6.07) is 7.39. The third kappa shape index (κ3) is 2.59. The first-order chi connectivity index (χ1) is 10.5. The number of hydrogen-bond acceptors (Lipinski definition) is 3. The van der Waals surface area contributed by atoms with Crippen LogP contribution in [-0.2, 0) is 9.80 Å². The van der Waals surface area contributed by atoms with Crippen molar-refractivity contribution < 1.29 is 4.74 Å². The number of fused-ring (bicyclic) bond motifs is 2. The summed E-state index contributed by atoms with van der Waals surface area (Å²) in [5.41, 5.74) is 0.213. The van der Waals surface area contributed by atoms with E-state index in [0.717, 1.165) is 11.1 Å². The Morgan fingerprint density at radius 2 is 2.05 bits per heavy atom. The van der Waals surface area contributed by atoms with Crippen LogP contribution in [0.5, 0.6) is 0 Å². The number of rotatable bonds is 3. The summed E-state index contributed by atoms with van der Waals surface area (Å²) in [7, 11) is 0. The molecule has 22 heavy (non-hydrogen) atoms. The van der Waals surface area contributed by atoms with E-state index in [-0.39, 0.29) is 16.9 Å². The molecule has 0 aliphatic heterocycles. The Balaban J connectivity index is 2.33. The molecule has 1 aromatic carbocycles. The van der Waals surface area contributed by atoms with Gasteiger partial charge in [0.25, 0.3) is 0 Å². The first-order valence-electron chi connectivity index (χ1n) is 6.91. The zero-order valence-electron chi connectivity index (χ0n) is 11.8. The molecule has 0 N–H and O–H groups in total. The van der Waals surface area contributed by atoms with Crippen molar-refractivity contribution in [1.82, 2.24) is 0 Å². The molecule has 0 amide bonds. The monoisotopic (exact) mass is 374 g/mol. The van der Waals surface area contributed by atoms with Crippen LogP contribution in [0.1, 0.15) is 30.2 Å². The first kappa shape index (κ1) is 16.3. The van der Waals surface area contributed by atoms with Crippen LogP contribution in [0.3, 0.4) is 0 Å². The van der Waals surface area contributed by atoms with Crippen LogP contribution >= 0.6 is 46.1 Å². The van der Waals surface area contributed by atoms with E-state index in [1.165, 1.54) is 11.3 Å². The van der Waals surface area contributed by atoms with E-state index in [1.807, 2.05) is 25.1 Å². The molecule has 0 saturated carbocycles. The summed E-state index contributed by atoms with van der Waals surface area (Å²) in [4.78, 5) is 13.4. The Kier molecular flexibility index (Phi) is 4.54. The van der Waals surface area contributed by atoms with Gasteiger partial charge in [-0.05, 0) is 18.6 Å². The summed E-state index contributed by atoms with van der Waals surface area (Å²) >= 11 is 20.7. The minimum Gasteiger partial charge on any atom is -0.354 e. The van der Waals surface area contributed by atoms with Crippen molar-refractivity contribution in [1.29, 1.82) is 0 Å². The maximum atomic E-state index is 12.8. The third-order valence-corrected chi connectivity index (χ3v) is 6.21. The number of halogens is 3. The molecule has 116 valence electrons. The molecule has 1 aliphatic rings. The molecule has 1 heterocycles. The van der Waals surface area contributed by atoms with Gasteiger partial charge >= 0.3 is 0 Å². The molecule has 1 atom stereocenters. The molecule has 1 aromatic heterocycles. The van der Waals surface area contributed by atoms with Gasteiger partial charge in [0.05, 0.1) is 15.5 Å². The fraction of sp³-hybridized carbons (Fsp3) is 0.312. The highest BCUT2D eigenvalue weighted by atomic mass is 35.5. The average Bonchev–Trinajstić information content (AvgIpc) is 2.51. The zero-order valence-corrected chi connectivity index (χ0v) is 14.9. The molecule has 1 unspecified atom stereocenters. The van der Waals surface area contributed by atoms with Gasteiger partial charge in [0.2, 0.25) is 0 Å². The predicted octanol–water partition coefficient (Wildman–Crippen LogP) is 5.63. The van der Waals surface area contributed by atoms with E-state index in [4.69, 9.17) is 39.5 Å². The highest BCUT2D eigenvalue weighted by Gasteiger charge is 2.41. The number of hydrogen-bond donors (Lipinski definition) is 0. The quantitative estimate of drug-likeness (QED) is 0.650. The molecule has 6 heteroatoms. The predicted molar refractivity (Wildman–Crippen MR) is 95.1 cm³/mol. The molecule has 2 nitrogen and oxygen atoms in total. The summed E-state index contributed by atoms with van der Waals surface area (Å²) in [6.07, 6.45) is 1.08. The number of ether oxygens (including phenoxy) is 1. The number of alkyl halides is 1. The van der Waals surface area contributed by atoms with Gasteiger partial charge in [0.15, 0.2) is 10.5 Å². The van der Waals surface area contributed by atoms with Crippen LogP contribution in [0.25, 0.3) is 15.1 Å². The van der Waals surface area contributed by atoms with Gasteiger partial charge in [0.1, 0.15) is 0 Å². The molecule has 0 radical (unpaired) electrons. The third-order valence-electron chi connectivity index (χ3n) is 3.51. The largest absolute Gasteiger partial charge is 0.354 e. The Morgan fingerprint density at radius 3 is 2.77 bits per heavy atom. The van der Waals surface area contributed by atoms with Crippen molar-refractivity contribution in [3.05, 3.63) is 50.0 Å². The molecule has 1 aliphatic carbocycles. The van der Waals surface area contributed by atoms with Crippen molar-refractivity contribution in [2.75, 3.05) is 6.61 Å². The van der Waals surface area contributed by atoms with Gasteiger partial charge < -0.3 is 4.74 Å². The smallest absolute Gasteiger partial charge is 0.197 e. The first-order valence-corrected chi connectivity index (χ1v) is 8.86. The summed E-state index contributed by atoms with van der Waals surface area (Å²) in [5, 5.41) is 0.125. The second-order valence-electron chi connectivity index (χ2n) is 5.10. The zero-order chi connectivity index (χ0) is 15.9. The van der Waals surface area contributed by atoms with Crippen LogP contribution < -0.4 is 5.43 Å². The minimum absolute atomic E-state index is 0.155. The molecule has 2 aromatic rings. The van der Waals surface area contributed by atoms with Gasteiger partial charge in [-0.1, -0.05) is 53.9 Å². The summed E-state index contributed by atoms with van der Waals surface area (Å²) < 4.78 is 6.69. The van der Waals surface area contributed by atoms with Gasteiger partial charge in [-0.2, -0.15) is 0 Å². The summed E-state index contributed by atoms with van der Waals surface area (Å²) in [6.45, 7) is 2.48. The fourth-order valence-electron chi connectivity index (χ4n) is 2.48. The van der Waals surface area contributed by atoms with Gasteiger partial charge in [0, 0.05) is 28.1 Å². The van der Waals surface area contributed by atoms with E-state index >= 15 is 0 Å². The molecule has 0 bridgehead atoms. The maximum absolute atomic E-state index is 12.8. The van der Waals surface area contributed by atoms with Crippen molar-refractivity contribution in [2.24, 2.45) is 0 Å². The second kappa shape index (κ2) is 6.14. The lowest BCUT2D eigenvalue weighted by molar-refractivity contribution is 0.0194. The average molecular weight is 376 g/mol. The summed E-state index contributed by atoms with van der Waals surface area (Å²) in [5.74, 6) is 0. The topological polar surface area (TPSA) is 26.3 Å². The van der Waals surface area contributed by atoms with Crippen molar-refractivity contribution in [3.8, 4) is 0 Å². The van der Waals surface area contributed by atoms with Crippen molar-refractivity contribution >= 4 is 61.3 Å². The lowest BCUT2D eigenvalue weighted by Gasteiger charge is -2.32. The van der Waals surface area contributed by atoms with Gasteiger partial charge in [-0.25, -0.2) is 0 Å². The molecule has 0 fully saturated rings. The maximum Gasteiger partial charge on any atom is 0.197 e. The van der Waals surface area contributed by atoms with E-state index in [1.54, 1.807) is 6.07 Å². The lowest BCUT2D eigenvalue weighted by atomic mass is 10.0. The van der Waals surface area contributed by atoms with Crippen LogP contribution in [0.2, 0.25) is 0 Å². The highest BCUT2D eigenvalue weighted by Crippen LogP contribution is 2.50. The Morgan fingerprint density at radius 1 is 1.32 bits per heavy atom. The van der Waals surface area contributed by atoms with E-state index in [9.17, 15) is 4.79 Å². The van der Waals surface area contributed by atoms with E-state index in [2.05, 4.69) is 0 Å². The molecule has 0 saturated heterocycles. The lowest BCUT2D eigenvalue weighted by Crippen LogP contribution is -2.30. The Hall–Kier alpha value is -0.580.